The normalized spacial score (nSPS) is 30.7. The average molecular weight is 382 g/mol. The molecule has 0 aromatic carbocycles. The number of furan rings is 1. The molecule has 1 spiro atoms. The number of hydrogen-bond acceptors (Lipinski definition) is 6. The molecule has 0 aliphatic carbocycles. The zero-order chi connectivity index (χ0) is 19.5. The highest BCUT2D eigenvalue weighted by Gasteiger charge is 2.63. The molecule has 1 amide bonds. The van der Waals surface area contributed by atoms with E-state index in [1.54, 1.807) is 6.26 Å². The Morgan fingerprint density at radius 3 is 3.00 bits per heavy atom. The molecule has 0 saturated carbocycles. The number of nitrogens with one attached hydrogen (secondary N) is 1. The first kappa shape index (κ1) is 17.7. The summed E-state index contributed by atoms with van der Waals surface area (Å²) in [5.74, 6) is 2.78. The minimum absolute atomic E-state index is 0.105. The van der Waals surface area contributed by atoms with Gasteiger partial charge in [0, 0.05) is 48.8 Å². The van der Waals surface area contributed by atoms with Crippen LogP contribution in [-0.2, 0) is 4.74 Å². The van der Waals surface area contributed by atoms with E-state index < -0.39 is 0 Å². The Labute approximate surface area is 164 Å². The number of nitrogens with zero attached hydrogens (tertiary/aromatic N) is 3. The number of rotatable bonds is 4. The van der Waals surface area contributed by atoms with Gasteiger partial charge in [0.25, 0.3) is 5.91 Å². The Kier molecular flexibility index (Phi) is 3.98. The number of amides is 1. The summed E-state index contributed by atoms with van der Waals surface area (Å²) in [6, 6.07) is 1.81. The van der Waals surface area contributed by atoms with Gasteiger partial charge in [-0.25, -0.2) is 9.97 Å². The van der Waals surface area contributed by atoms with Crippen LogP contribution in [-0.4, -0.2) is 47.2 Å². The molecule has 3 fully saturated rings. The number of carbonyl (C=O) groups is 1. The predicted molar refractivity (Wildman–Crippen MR) is 103 cm³/mol. The van der Waals surface area contributed by atoms with Crippen molar-refractivity contribution in [1.82, 2.24) is 15.3 Å². The van der Waals surface area contributed by atoms with E-state index in [4.69, 9.17) is 9.15 Å². The van der Waals surface area contributed by atoms with Crippen LogP contribution in [0.25, 0.3) is 0 Å². The van der Waals surface area contributed by atoms with Gasteiger partial charge in [-0.2, -0.15) is 0 Å². The van der Waals surface area contributed by atoms with Gasteiger partial charge in [-0.3, -0.25) is 4.79 Å². The van der Waals surface area contributed by atoms with Gasteiger partial charge in [0.2, 0.25) is 0 Å². The molecule has 3 aliphatic rings. The maximum Gasteiger partial charge on any atom is 0.287 e. The molecule has 2 aromatic rings. The maximum atomic E-state index is 12.5. The van der Waals surface area contributed by atoms with Gasteiger partial charge in [0.15, 0.2) is 5.76 Å². The summed E-state index contributed by atoms with van der Waals surface area (Å²) in [6.45, 7) is 8.26. The van der Waals surface area contributed by atoms with Gasteiger partial charge in [-0.15, -0.1) is 0 Å². The van der Waals surface area contributed by atoms with Crippen LogP contribution in [0.2, 0.25) is 0 Å². The number of carbonyl (C=O) groups excluding carboxylic acids is 1. The van der Waals surface area contributed by atoms with Crippen LogP contribution in [0.1, 0.15) is 40.3 Å². The second-order valence-electron chi connectivity index (χ2n) is 8.48. The second-order valence-corrected chi connectivity index (χ2v) is 8.48. The van der Waals surface area contributed by atoms with Crippen LogP contribution in [0.3, 0.4) is 0 Å². The van der Waals surface area contributed by atoms with E-state index in [9.17, 15) is 4.79 Å². The smallest absolute Gasteiger partial charge is 0.287 e. The van der Waals surface area contributed by atoms with E-state index in [1.165, 1.54) is 0 Å². The fourth-order valence-electron chi connectivity index (χ4n) is 5.36. The zero-order valence-electron chi connectivity index (χ0n) is 16.6. The molecule has 5 rings (SSSR count). The number of hydrogen-bond donors (Lipinski definition) is 1. The molecule has 0 radical (unpaired) electrons. The molecule has 28 heavy (non-hydrogen) atoms. The van der Waals surface area contributed by atoms with Crippen molar-refractivity contribution in [1.29, 1.82) is 0 Å². The first-order chi connectivity index (χ1) is 13.5. The van der Waals surface area contributed by atoms with Gasteiger partial charge < -0.3 is 19.4 Å². The molecule has 7 nitrogen and oxygen atoms in total. The van der Waals surface area contributed by atoms with E-state index >= 15 is 0 Å². The van der Waals surface area contributed by atoms with Gasteiger partial charge in [0.1, 0.15) is 11.6 Å². The minimum atomic E-state index is -0.142. The molecule has 4 atom stereocenters. The number of ether oxygens (including phenoxy) is 1. The third-order valence-corrected chi connectivity index (χ3v) is 6.72. The summed E-state index contributed by atoms with van der Waals surface area (Å²) in [5, 5.41) is 3.08. The highest BCUT2D eigenvalue weighted by molar-refractivity contribution is 5.92. The lowest BCUT2D eigenvalue weighted by atomic mass is 9.73. The van der Waals surface area contributed by atoms with E-state index in [2.05, 4.69) is 27.1 Å². The monoisotopic (exact) mass is 382 g/mol. The second kappa shape index (κ2) is 6.30. The van der Waals surface area contributed by atoms with E-state index in [1.807, 2.05) is 26.1 Å². The van der Waals surface area contributed by atoms with Crippen LogP contribution in [0, 0.1) is 32.6 Å². The van der Waals surface area contributed by atoms with Crippen LogP contribution in [0.4, 0.5) is 5.82 Å². The summed E-state index contributed by atoms with van der Waals surface area (Å²) < 4.78 is 11.8. The highest BCUT2D eigenvalue weighted by atomic mass is 16.5. The first-order valence-electron chi connectivity index (χ1n) is 10.0. The Hall–Kier alpha value is -2.41. The van der Waals surface area contributed by atoms with Crippen molar-refractivity contribution in [3.05, 3.63) is 41.2 Å². The minimum Gasteiger partial charge on any atom is -0.459 e. The molecule has 1 N–H and O–H groups in total. The zero-order valence-corrected chi connectivity index (χ0v) is 16.6. The SMILES string of the molecule is Cc1ncc(C)c(N2C[C@@H]3[C@H](CNC(=O)c4occc4C)[C@H]4CC[C@]3(C2)O4)n1. The summed E-state index contributed by atoms with van der Waals surface area (Å²) in [4.78, 5) is 23.8. The molecule has 5 heterocycles. The van der Waals surface area contributed by atoms with E-state index in [0.717, 1.165) is 48.7 Å². The summed E-state index contributed by atoms with van der Waals surface area (Å²) in [7, 11) is 0. The standard InChI is InChI=1S/C21H26N4O3/c1-12-5-7-27-18(12)20(26)23-9-15-16-10-25(11-21(16)6-4-17(15)28-21)19-13(2)8-22-14(3)24-19/h5,7-8,15-17H,4,6,9-11H2,1-3H3,(H,23,26)/t15-,16+,17+,21+/m0/s1. The molecule has 3 saturated heterocycles. The average Bonchev–Trinajstić information content (AvgIpc) is 3.41. The molecule has 7 heteroatoms. The van der Waals surface area contributed by atoms with Crippen molar-refractivity contribution in [3.63, 3.8) is 0 Å². The number of anilines is 1. The Morgan fingerprint density at radius 1 is 1.36 bits per heavy atom. The van der Waals surface area contributed by atoms with Gasteiger partial charge >= 0.3 is 0 Å². The van der Waals surface area contributed by atoms with Crippen molar-refractivity contribution in [2.24, 2.45) is 11.8 Å². The molecular weight excluding hydrogens is 356 g/mol. The summed E-state index contributed by atoms with van der Waals surface area (Å²) in [5.41, 5.74) is 1.85. The lowest BCUT2D eigenvalue weighted by Crippen LogP contribution is -2.41. The number of aromatic nitrogens is 2. The lowest BCUT2D eigenvalue weighted by molar-refractivity contribution is 0.0141. The third-order valence-electron chi connectivity index (χ3n) is 6.72. The molecule has 3 aliphatic heterocycles. The predicted octanol–water partition coefficient (Wildman–Crippen LogP) is 2.41. The Morgan fingerprint density at radius 2 is 2.21 bits per heavy atom. The van der Waals surface area contributed by atoms with Crippen LogP contribution >= 0.6 is 0 Å². The quantitative estimate of drug-likeness (QED) is 0.875. The molecule has 0 unspecified atom stereocenters. The fraction of sp³-hybridized carbons (Fsp3) is 0.571. The van der Waals surface area contributed by atoms with Gasteiger partial charge in [-0.1, -0.05) is 0 Å². The third kappa shape index (κ3) is 2.64. The van der Waals surface area contributed by atoms with Crippen molar-refractivity contribution in [2.75, 3.05) is 24.5 Å². The first-order valence-corrected chi connectivity index (χ1v) is 10.0. The summed E-state index contributed by atoms with van der Waals surface area (Å²) >= 11 is 0. The van der Waals surface area contributed by atoms with E-state index in [0.29, 0.717) is 24.1 Å². The van der Waals surface area contributed by atoms with Gasteiger partial charge in [-0.05, 0) is 39.7 Å². The molecule has 148 valence electrons. The van der Waals surface area contributed by atoms with Crippen molar-refractivity contribution in [3.8, 4) is 0 Å². The van der Waals surface area contributed by atoms with Gasteiger partial charge in [0.05, 0.1) is 18.0 Å². The Balaban J connectivity index is 1.33. The van der Waals surface area contributed by atoms with Crippen molar-refractivity contribution in [2.45, 2.75) is 45.3 Å². The van der Waals surface area contributed by atoms with E-state index in [-0.39, 0.29) is 17.6 Å². The number of fused-ring (bicyclic) bond motifs is 1. The molecular formula is C21H26N4O3. The van der Waals surface area contributed by atoms with Crippen LogP contribution in [0.5, 0.6) is 0 Å². The topological polar surface area (TPSA) is 80.5 Å². The molecule has 2 bridgehead atoms. The van der Waals surface area contributed by atoms with Crippen molar-refractivity contribution >= 4 is 11.7 Å². The molecule has 2 aromatic heterocycles. The Bertz CT molecular complexity index is 926. The van der Waals surface area contributed by atoms with Crippen molar-refractivity contribution < 1.29 is 13.9 Å². The number of aryl methyl sites for hydroxylation is 3. The maximum absolute atomic E-state index is 12.5. The summed E-state index contributed by atoms with van der Waals surface area (Å²) in [6.07, 6.45) is 5.83. The largest absolute Gasteiger partial charge is 0.459 e. The van der Waals surface area contributed by atoms with Crippen LogP contribution < -0.4 is 10.2 Å². The highest BCUT2D eigenvalue weighted by Crippen LogP contribution is 2.55. The van der Waals surface area contributed by atoms with Crippen LogP contribution in [0.15, 0.2) is 22.9 Å². The lowest BCUT2D eigenvalue weighted by Gasteiger charge is -2.29. The fourth-order valence-corrected chi connectivity index (χ4v) is 5.36.